The van der Waals surface area contributed by atoms with Gasteiger partial charge in [-0.3, -0.25) is 4.90 Å². The Kier molecular flexibility index (Phi) is 6.05. The molecule has 0 unspecified atom stereocenters. The predicted octanol–water partition coefficient (Wildman–Crippen LogP) is 2.25. The van der Waals surface area contributed by atoms with E-state index in [2.05, 4.69) is 4.90 Å². The smallest absolute Gasteiger partial charge is 0.243 e. The van der Waals surface area contributed by atoms with Gasteiger partial charge in [0, 0.05) is 32.7 Å². The maximum Gasteiger partial charge on any atom is 0.243 e. The van der Waals surface area contributed by atoms with E-state index in [0.29, 0.717) is 42.7 Å². The van der Waals surface area contributed by atoms with Crippen molar-refractivity contribution in [2.45, 2.75) is 18.4 Å². The molecular weight excluding hydrogens is 392 g/mol. The first-order chi connectivity index (χ1) is 14.0. The highest BCUT2D eigenvalue weighted by molar-refractivity contribution is 7.89. The second-order valence-corrected chi connectivity index (χ2v) is 9.23. The molecule has 1 saturated heterocycles. The highest BCUT2D eigenvalue weighted by atomic mass is 32.2. The molecule has 7 nitrogen and oxygen atoms in total. The van der Waals surface area contributed by atoms with Crippen molar-refractivity contribution in [2.24, 2.45) is 0 Å². The summed E-state index contributed by atoms with van der Waals surface area (Å²) < 4.78 is 44.5. The van der Waals surface area contributed by atoms with Crippen LogP contribution in [0.3, 0.4) is 0 Å². The minimum absolute atomic E-state index is 0.196. The van der Waals surface area contributed by atoms with Crippen molar-refractivity contribution < 1.29 is 22.6 Å². The zero-order valence-electron chi connectivity index (χ0n) is 16.5. The Bertz CT molecular complexity index is 940. The Morgan fingerprint density at radius 3 is 2.48 bits per heavy atom. The lowest BCUT2D eigenvalue weighted by Crippen LogP contribution is -2.42. The topological polar surface area (TPSA) is 68.3 Å². The minimum atomic E-state index is -3.63. The van der Waals surface area contributed by atoms with Gasteiger partial charge < -0.3 is 14.2 Å². The molecule has 1 fully saturated rings. The van der Waals surface area contributed by atoms with Crippen molar-refractivity contribution in [3.05, 3.63) is 53.6 Å². The van der Waals surface area contributed by atoms with Crippen molar-refractivity contribution in [2.75, 3.05) is 46.2 Å². The number of rotatable bonds is 7. The molecule has 156 valence electrons. The Hall–Kier alpha value is -2.13. The van der Waals surface area contributed by atoms with Crippen LogP contribution in [-0.2, 0) is 21.3 Å². The van der Waals surface area contributed by atoms with E-state index in [0.717, 1.165) is 24.2 Å². The van der Waals surface area contributed by atoms with E-state index in [1.54, 1.807) is 16.4 Å². The zero-order valence-corrected chi connectivity index (χ0v) is 17.4. The van der Waals surface area contributed by atoms with Crippen molar-refractivity contribution in [1.29, 1.82) is 0 Å². The lowest BCUT2D eigenvalue weighted by Gasteiger charge is -2.30. The number of nitrogens with zero attached hydrogens (tertiary/aromatic N) is 2. The number of hydrogen-bond acceptors (Lipinski definition) is 6. The number of sulfonamides is 1. The van der Waals surface area contributed by atoms with Crippen LogP contribution in [0.25, 0.3) is 0 Å². The van der Waals surface area contributed by atoms with E-state index < -0.39 is 10.0 Å². The molecule has 4 rings (SSSR count). The maximum atomic E-state index is 13.4. The first-order valence-corrected chi connectivity index (χ1v) is 11.2. The molecule has 2 heterocycles. The molecule has 0 atom stereocenters. The number of benzene rings is 2. The van der Waals surface area contributed by atoms with Crippen LogP contribution in [-0.4, -0.2) is 63.8 Å². The summed E-state index contributed by atoms with van der Waals surface area (Å²) in [4.78, 5) is 2.55. The third kappa shape index (κ3) is 4.72. The summed E-state index contributed by atoms with van der Waals surface area (Å²) in [6.07, 6.45) is 0. The molecule has 0 aromatic heterocycles. The summed E-state index contributed by atoms with van der Waals surface area (Å²) in [7, 11) is -3.63. The normalized spacial score (nSPS) is 17.0. The summed E-state index contributed by atoms with van der Waals surface area (Å²) in [5.41, 5.74) is 1.89. The van der Waals surface area contributed by atoms with Crippen LogP contribution in [0.1, 0.15) is 11.1 Å². The first kappa shape index (κ1) is 20.2. The van der Waals surface area contributed by atoms with Crippen molar-refractivity contribution in [3.63, 3.8) is 0 Å². The lowest BCUT2D eigenvalue weighted by molar-refractivity contribution is 0.0361. The molecule has 2 aromatic rings. The van der Waals surface area contributed by atoms with Crippen LogP contribution < -0.4 is 9.47 Å². The quantitative estimate of drug-likeness (QED) is 0.687. The number of fused-ring (bicyclic) bond motifs is 1. The molecule has 0 aliphatic carbocycles. The standard InChI is InChI=1S/C21H26N2O5S/c1-17-2-5-19(6-3-17)29(24,25)23(9-8-22-10-12-26-13-11-22)15-18-4-7-20-21(14-18)28-16-27-20/h2-7,14H,8-13,15-16H2,1H3. The van der Waals surface area contributed by atoms with Crippen LogP contribution in [0.15, 0.2) is 47.4 Å². The van der Waals surface area contributed by atoms with Crippen LogP contribution in [0.5, 0.6) is 11.5 Å². The van der Waals surface area contributed by atoms with E-state index in [-0.39, 0.29) is 13.3 Å². The molecule has 0 spiro atoms. The second-order valence-electron chi connectivity index (χ2n) is 7.29. The Morgan fingerprint density at radius 1 is 1.00 bits per heavy atom. The maximum absolute atomic E-state index is 13.4. The van der Waals surface area contributed by atoms with Crippen LogP contribution in [0.4, 0.5) is 0 Å². The van der Waals surface area contributed by atoms with Crippen LogP contribution >= 0.6 is 0 Å². The van der Waals surface area contributed by atoms with Crippen molar-refractivity contribution >= 4 is 10.0 Å². The van der Waals surface area contributed by atoms with Gasteiger partial charge in [-0.1, -0.05) is 23.8 Å². The predicted molar refractivity (Wildman–Crippen MR) is 109 cm³/mol. The van der Waals surface area contributed by atoms with Crippen molar-refractivity contribution in [1.82, 2.24) is 9.21 Å². The number of hydrogen-bond donors (Lipinski definition) is 0. The SMILES string of the molecule is Cc1ccc(S(=O)(=O)N(CCN2CCOCC2)Cc2ccc3c(c2)OCO3)cc1. The van der Waals surface area contributed by atoms with E-state index in [1.807, 2.05) is 37.3 Å². The Morgan fingerprint density at radius 2 is 1.72 bits per heavy atom. The summed E-state index contributed by atoms with van der Waals surface area (Å²) in [6, 6.07) is 12.6. The molecule has 8 heteroatoms. The van der Waals surface area contributed by atoms with E-state index in [4.69, 9.17) is 14.2 Å². The molecule has 0 amide bonds. The Balaban J connectivity index is 1.56. The Labute approximate surface area is 171 Å². The van der Waals surface area contributed by atoms with E-state index in [1.165, 1.54) is 0 Å². The van der Waals surface area contributed by atoms with Gasteiger partial charge in [-0.25, -0.2) is 8.42 Å². The first-order valence-electron chi connectivity index (χ1n) is 9.78. The number of ether oxygens (including phenoxy) is 3. The fraction of sp³-hybridized carbons (Fsp3) is 0.429. The van der Waals surface area contributed by atoms with Gasteiger partial charge in [-0.05, 0) is 36.8 Å². The summed E-state index contributed by atoms with van der Waals surface area (Å²) >= 11 is 0. The van der Waals surface area contributed by atoms with Crippen LogP contribution in [0, 0.1) is 6.92 Å². The average Bonchev–Trinajstić information content (AvgIpc) is 3.20. The molecule has 0 saturated carbocycles. The van der Waals surface area contributed by atoms with E-state index in [9.17, 15) is 8.42 Å². The fourth-order valence-electron chi connectivity index (χ4n) is 3.46. The summed E-state index contributed by atoms with van der Waals surface area (Å²) in [6.45, 7) is 6.51. The van der Waals surface area contributed by atoms with Gasteiger partial charge in [-0.2, -0.15) is 4.31 Å². The molecule has 29 heavy (non-hydrogen) atoms. The summed E-state index contributed by atoms with van der Waals surface area (Å²) in [5, 5.41) is 0. The van der Waals surface area contributed by atoms with E-state index >= 15 is 0 Å². The van der Waals surface area contributed by atoms with Gasteiger partial charge in [0.15, 0.2) is 11.5 Å². The third-order valence-electron chi connectivity index (χ3n) is 5.22. The highest BCUT2D eigenvalue weighted by Crippen LogP contribution is 2.33. The second kappa shape index (κ2) is 8.71. The number of morpholine rings is 1. The highest BCUT2D eigenvalue weighted by Gasteiger charge is 2.26. The molecule has 2 aromatic carbocycles. The lowest BCUT2D eigenvalue weighted by atomic mass is 10.2. The zero-order chi connectivity index (χ0) is 20.3. The van der Waals surface area contributed by atoms with Gasteiger partial charge in [0.05, 0.1) is 18.1 Å². The fourth-order valence-corrected chi connectivity index (χ4v) is 4.88. The monoisotopic (exact) mass is 418 g/mol. The number of aryl methyl sites for hydroxylation is 1. The molecule has 2 aliphatic heterocycles. The largest absolute Gasteiger partial charge is 0.454 e. The summed E-state index contributed by atoms with van der Waals surface area (Å²) in [5.74, 6) is 1.35. The molecule has 2 aliphatic rings. The van der Waals surface area contributed by atoms with Crippen LogP contribution in [0.2, 0.25) is 0 Å². The molecule has 0 bridgehead atoms. The molecule has 0 N–H and O–H groups in total. The molecule has 0 radical (unpaired) electrons. The van der Waals surface area contributed by atoms with Gasteiger partial charge >= 0.3 is 0 Å². The van der Waals surface area contributed by atoms with Gasteiger partial charge in [0.2, 0.25) is 16.8 Å². The van der Waals surface area contributed by atoms with Crippen molar-refractivity contribution in [3.8, 4) is 11.5 Å². The third-order valence-corrected chi connectivity index (χ3v) is 7.08. The minimum Gasteiger partial charge on any atom is -0.454 e. The average molecular weight is 419 g/mol. The van der Waals surface area contributed by atoms with Gasteiger partial charge in [-0.15, -0.1) is 0 Å². The van der Waals surface area contributed by atoms with Gasteiger partial charge in [0.25, 0.3) is 0 Å². The molecular formula is C21H26N2O5S. The van der Waals surface area contributed by atoms with Gasteiger partial charge in [0.1, 0.15) is 0 Å².